The third-order valence-electron chi connectivity index (χ3n) is 7.34. The van der Waals surface area contributed by atoms with E-state index in [4.69, 9.17) is 14.2 Å². The molecule has 4 aromatic rings. The van der Waals surface area contributed by atoms with Crippen molar-refractivity contribution < 1.29 is 23.8 Å². The van der Waals surface area contributed by atoms with Crippen LogP contribution >= 0.6 is 11.3 Å². The van der Waals surface area contributed by atoms with Gasteiger partial charge in [0.25, 0.3) is 0 Å². The number of amides is 1. The first-order valence-electron chi connectivity index (χ1n) is 13.6. The predicted octanol–water partition coefficient (Wildman–Crippen LogP) is 7.63. The van der Waals surface area contributed by atoms with E-state index in [-0.39, 0.29) is 5.91 Å². The van der Waals surface area contributed by atoms with Crippen molar-refractivity contribution in [2.75, 3.05) is 19.5 Å². The molecule has 1 aliphatic rings. The quantitative estimate of drug-likeness (QED) is 0.166. The van der Waals surface area contributed by atoms with Crippen LogP contribution in [0.1, 0.15) is 51.0 Å². The van der Waals surface area contributed by atoms with Crippen LogP contribution in [0.15, 0.2) is 72.1 Å². The van der Waals surface area contributed by atoms with Gasteiger partial charge in [-0.25, -0.2) is 4.79 Å². The van der Waals surface area contributed by atoms with Crippen molar-refractivity contribution in [2.45, 2.75) is 39.2 Å². The second-order valence-corrected chi connectivity index (χ2v) is 10.9. The molecule has 0 saturated heterocycles. The SMILES string of the molecule is COC(=O)c1c(-c2ccc3c(c2)CCCC3)csc1NC(=O)/C=C/c1ccc(OCc2ccccc2C)c(OC)c1. The van der Waals surface area contributed by atoms with E-state index in [0.29, 0.717) is 28.7 Å². The molecule has 1 aliphatic carbocycles. The summed E-state index contributed by atoms with van der Waals surface area (Å²) in [4.78, 5) is 25.7. The number of fused-ring (bicyclic) bond motifs is 1. The summed E-state index contributed by atoms with van der Waals surface area (Å²) in [6.45, 7) is 2.48. The fourth-order valence-electron chi connectivity index (χ4n) is 5.03. The molecule has 210 valence electrons. The zero-order chi connectivity index (χ0) is 28.8. The topological polar surface area (TPSA) is 73.9 Å². The number of carbonyl (C=O) groups excluding carboxylic acids is 2. The minimum Gasteiger partial charge on any atom is -0.493 e. The van der Waals surface area contributed by atoms with Gasteiger partial charge in [-0.2, -0.15) is 0 Å². The van der Waals surface area contributed by atoms with E-state index in [9.17, 15) is 9.59 Å². The van der Waals surface area contributed by atoms with Crippen molar-refractivity contribution in [1.82, 2.24) is 0 Å². The van der Waals surface area contributed by atoms with Gasteiger partial charge in [0.1, 0.15) is 17.2 Å². The van der Waals surface area contributed by atoms with E-state index in [0.717, 1.165) is 40.7 Å². The predicted molar refractivity (Wildman–Crippen MR) is 164 cm³/mol. The zero-order valence-electron chi connectivity index (χ0n) is 23.5. The summed E-state index contributed by atoms with van der Waals surface area (Å²) in [5, 5.41) is 5.22. The highest BCUT2D eigenvalue weighted by Gasteiger charge is 2.23. The molecule has 5 rings (SSSR count). The Balaban J connectivity index is 1.30. The lowest BCUT2D eigenvalue weighted by Gasteiger charge is -2.16. The Bertz CT molecular complexity index is 1600. The molecule has 41 heavy (non-hydrogen) atoms. The Hall–Kier alpha value is -4.36. The molecule has 3 aromatic carbocycles. The lowest BCUT2D eigenvalue weighted by atomic mass is 9.89. The van der Waals surface area contributed by atoms with Crippen LogP contribution in [0.4, 0.5) is 5.00 Å². The average Bonchev–Trinajstić information content (AvgIpc) is 3.42. The van der Waals surface area contributed by atoms with Crippen molar-refractivity contribution in [3.8, 4) is 22.6 Å². The van der Waals surface area contributed by atoms with E-state index in [1.54, 1.807) is 13.2 Å². The summed E-state index contributed by atoms with van der Waals surface area (Å²) in [6.07, 6.45) is 7.64. The highest BCUT2D eigenvalue weighted by Crippen LogP contribution is 2.38. The van der Waals surface area contributed by atoms with Gasteiger partial charge in [-0.3, -0.25) is 4.79 Å². The standard InChI is InChI=1S/C34H33NO5S/c1-22-8-4-5-11-27(22)20-40-29-16-12-23(18-30(29)38-2)13-17-31(36)35-33-32(34(37)39-3)28(21-41-33)26-15-14-24-9-6-7-10-25(24)19-26/h4-5,8,11-19,21H,6-7,9-10,20H2,1-3H3,(H,35,36)/b17-13+. The van der Waals surface area contributed by atoms with E-state index in [2.05, 4.69) is 17.4 Å². The molecule has 0 unspecified atom stereocenters. The number of ether oxygens (including phenoxy) is 3. The molecule has 7 heteroatoms. The van der Waals surface area contributed by atoms with Crippen LogP contribution in [0.3, 0.4) is 0 Å². The number of hydrogen-bond donors (Lipinski definition) is 1. The maximum Gasteiger partial charge on any atom is 0.341 e. The number of esters is 1. The van der Waals surface area contributed by atoms with Crippen LogP contribution in [0.5, 0.6) is 11.5 Å². The summed E-state index contributed by atoms with van der Waals surface area (Å²) in [7, 11) is 2.94. The molecule has 1 N–H and O–H groups in total. The van der Waals surface area contributed by atoms with Gasteiger partial charge in [0.15, 0.2) is 11.5 Å². The number of aryl methyl sites for hydroxylation is 3. The maximum absolute atomic E-state index is 12.9. The van der Waals surface area contributed by atoms with Crippen LogP contribution in [0.25, 0.3) is 17.2 Å². The molecule has 0 radical (unpaired) electrons. The van der Waals surface area contributed by atoms with E-state index >= 15 is 0 Å². The zero-order valence-corrected chi connectivity index (χ0v) is 24.3. The van der Waals surface area contributed by atoms with Crippen LogP contribution < -0.4 is 14.8 Å². The summed E-state index contributed by atoms with van der Waals surface area (Å²) in [5.74, 6) is 0.354. The first-order chi connectivity index (χ1) is 20.0. The molecule has 0 fully saturated rings. The number of rotatable bonds is 9. The fraction of sp³-hybridized carbons (Fsp3) is 0.235. The normalized spacial score (nSPS) is 12.6. The van der Waals surface area contributed by atoms with Crippen molar-refractivity contribution >= 4 is 34.3 Å². The van der Waals surface area contributed by atoms with Gasteiger partial charge in [0, 0.05) is 17.0 Å². The number of anilines is 1. The Labute approximate surface area is 244 Å². The molecule has 0 saturated carbocycles. The van der Waals surface area contributed by atoms with Crippen molar-refractivity contribution in [2.24, 2.45) is 0 Å². The molecule has 0 bridgehead atoms. The highest BCUT2D eigenvalue weighted by atomic mass is 32.1. The number of nitrogens with one attached hydrogen (secondary N) is 1. The van der Waals surface area contributed by atoms with Crippen LogP contribution in [-0.4, -0.2) is 26.1 Å². The van der Waals surface area contributed by atoms with Gasteiger partial charge in [0.2, 0.25) is 5.91 Å². The Morgan fingerprint density at radius 2 is 1.76 bits per heavy atom. The number of hydrogen-bond acceptors (Lipinski definition) is 6. The first kappa shape index (κ1) is 28.2. The Kier molecular flexibility index (Phi) is 8.85. The van der Waals surface area contributed by atoms with Gasteiger partial charge in [-0.05, 0) is 84.2 Å². The van der Waals surface area contributed by atoms with Gasteiger partial charge in [0.05, 0.1) is 14.2 Å². The lowest BCUT2D eigenvalue weighted by molar-refractivity contribution is -0.111. The van der Waals surface area contributed by atoms with Crippen LogP contribution in [-0.2, 0) is 29.0 Å². The van der Waals surface area contributed by atoms with Gasteiger partial charge < -0.3 is 19.5 Å². The largest absolute Gasteiger partial charge is 0.493 e. The smallest absolute Gasteiger partial charge is 0.341 e. The minimum atomic E-state index is -0.482. The second-order valence-electron chi connectivity index (χ2n) is 9.98. The van der Waals surface area contributed by atoms with Gasteiger partial charge >= 0.3 is 5.97 Å². The lowest BCUT2D eigenvalue weighted by Crippen LogP contribution is -2.11. The average molecular weight is 568 g/mol. The summed E-state index contributed by atoms with van der Waals surface area (Å²) in [5.41, 5.74) is 7.82. The van der Waals surface area contributed by atoms with Crippen LogP contribution in [0, 0.1) is 6.92 Å². The highest BCUT2D eigenvalue weighted by molar-refractivity contribution is 7.15. The molecule has 0 atom stereocenters. The Morgan fingerprint density at radius 1 is 0.951 bits per heavy atom. The van der Waals surface area contributed by atoms with Gasteiger partial charge in [-0.15, -0.1) is 11.3 Å². The molecule has 1 amide bonds. The molecule has 1 aromatic heterocycles. The molecule has 0 spiro atoms. The molecule has 1 heterocycles. The summed E-state index contributed by atoms with van der Waals surface area (Å²) >= 11 is 1.31. The third-order valence-corrected chi connectivity index (χ3v) is 8.23. The first-order valence-corrected chi connectivity index (χ1v) is 14.5. The van der Waals surface area contributed by atoms with E-state index < -0.39 is 5.97 Å². The number of benzene rings is 3. The maximum atomic E-state index is 12.9. The second kappa shape index (κ2) is 12.9. The third kappa shape index (κ3) is 6.52. The number of carbonyl (C=O) groups is 2. The van der Waals surface area contributed by atoms with Crippen LogP contribution in [0.2, 0.25) is 0 Å². The van der Waals surface area contributed by atoms with Gasteiger partial charge in [-0.1, -0.05) is 48.5 Å². The van der Waals surface area contributed by atoms with Crippen molar-refractivity contribution in [3.05, 3.63) is 106 Å². The van der Waals surface area contributed by atoms with Crippen molar-refractivity contribution in [3.63, 3.8) is 0 Å². The molecule has 0 aliphatic heterocycles. The van der Waals surface area contributed by atoms with E-state index in [1.807, 2.05) is 60.8 Å². The monoisotopic (exact) mass is 567 g/mol. The minimum absolute atomic E-state index is 0.354. The molecular formula is C34H33NO5S. The number of methoxy groups -OCH3 is 2. The Morgan fingerprint density at radius 3 is 2.54 bits per heavy atom. The van der Waals surface area contributed by atoms with E-state index in [1.165, 1.54) is 48.5 Å². The fourth-order valence-corrected chi connectivity index (χ4v) is 5.99. The summed E-state index contributed by atoms with van der Waals surface area (Å²) in [6, 6.07) is 19.9. The molecule has 6 nitrogen and oxygen atoms in total. The summed E-state index contributed by atoms with van der Waals surface area (Å²) < 4.78 is 16.6. The van der Waals surface area contributed by atoms with Crippen molar-refractivity contribution in [1.29, 1.82) is 0 Å². The number of thiophene rings is 1. The molecular weight excluding hydrogens is 534 g/mol.